The van der Waals surface area contributed by atoms with Gasteiger partial charge in [-0.15, -0.1) is 0 Å². The summed E-state index contributed by atoms with van der Waals surface area (Å²) in [5.41, 5.74) is 6.25. The second-order valence-electron chi connectivity index (χ2n) is 5.77. The summed E-state index contributed by atoms with van der Waals surface area (Å²) in [6.45, 7) is 4.66. The molecule has 2 nitrogen and oxygen atoms in total. The maximum absolute atomic E-state index is 13.5. The highest BCUT2D eigenvalue weighted by atomic mass is 19.1. The molecular formula is C17H28FNO. The molecule has 0 bridgehead atoms. The first-order valence-corrected chi connectivity index (χ1v) is 7.68. The Labute approximate surface area is 122 Å². The average molecular weight is 281 g/mol. The van der Waals surface area contributed by atoms with E-state index in [-0.39, 0.29) is 12.4 Å². The molecule has 1 aromatic rings. The van der Waals surface area contributed by atoms with Crippen LogP contribution >= 0.6 is 0 Å². The Morgan fingerprint density at radius 3 is 2.60 bits per heavy atom. The van der Waals surface area contributed by atoms with Crippen molar-refractivity contribution in [1.29, 1.82) is 0 Å². The van der Waals surface area contributed by atoms with E-state index in [4.69, 9.17) is 5.73 Å². The lowest BCUT2D eigenvalue weighted by atomic mass is 9.72. The van der Waals surface area contributed by atoms with Crippen molar-refractivity contribution in [2.24, 2.45) is 11.7 Å². The molecule has 20 heavy (non-hydrogen) atoms. The van der Waals surface area contributed by atoms with Crippen molar-refractivity contribution in [3.63, 3.8) is 0 Å². The first kappa shape index (κ1) is 17.1. The highest BCUT2D eigenvalue weighted by molar-refractivity contribution is 5.27. The third kappa shape index (κ3) is 4.29. The number of rotatable bonds is 9. The third-order valence-electron chi connectivity index (χ3n) is 4.35. The molecule has 0 aromatic heterocycles. The van der Waals surface area contributed by atoms with E-state index < -0.39 is 5.41 Å². The fourth-order valence-electron chi connectivity index (χ4n) is 2.85. The number of nitrogens with two attached hydrogens (primary N) is 1. The predicted octanol–water partition coefficient (Wildman–Crippen LogP) is 3.62. The summed E-state index contributed by atoms with van der Waals surface area (Å²) >= 11 is 0. The normalized spacial score (nSPS) is 15.8. The standard InChI is InChI=1S/C17H28FNO/c1-3-5-7-14(4-2)11-17(12-19,13-20)15-8-6-9-16(18)10-15/h6,8-10,14,20H,3-5,7,11-13,19H2,1-2H3. The summed E-state index contributed by atoms with van der Waals surface area (Å²) < 4.78 is 13.5. The minimum atomic E-state index is -0.517. The number of aliphatic hydroxyl groups is 1. The van der Waals surface area contributed by atoms with Crippen LogP contribution in [0.25, 0.3) is 0 Å². The van der Waals surface area contributed by atoms with Crippen LogP contribution in [0.1, 0.15) is 51.5 Å². The van der Waals surface area contributed by atoms with Crippen LogP contribution in [0.3, 0.4) is 0 Å². The van der Waals surface area contributed by atoms with Crippen LogP contribution in [0.15, 0.2) is 24.3 Å². The fraction of sp³-hybridized carbons (Fsp3) is 0.647. The molecule has 114 valence electrons. The zero-order valence-corrected chi connectivity index (χ0v) is 12.7. The number of aliphatic hydroxyl groups excluding tert-OH is 1. The first-order valence-electron chi connectivity index (χ1n) is 7.68. The predicted molar refractivity (Wildman–Crippen MR) is 82.1 cm³/mol. The van der Waals surface area contributed by atoms with Crippen molar-refractivity contribution < 1.29 is 9.50 Å². The Hall–Kier alpha value is -0.930. The fourth-order valence-corrected chi connectivity index (χ4v) is 2.85. The van der Waals surface area contributed by atoms with E-state index in [9.17, 15) is 9.50 Å². The van der Waals surface area contributed by atoms with Gasteiger partial charge >= 0.3 is 0 Å². The van der Waals surface area contributed by atoms with Crippen LogP contribution in [-0.2, 0) is 5.41 Å². The van der Waals surface area contributed by atoms with Crippen LogP contribution < -0.4 is 5.73 Å². The molecule has 3 N–H and O–H groups in total. The third-order valence-corrected chi connectivity index (χ3v) is 4.35. The largest absolute Gasteiger partial charge is 0.395 e. The Morgan fingerprint density at radius 1 is 1.35 bits per heavy atom. The number of unbranched alkanes of at least 4 members (excludes halogenated alkanes) is 1. The second kappa shape index (κ2) is 8.38. The number of hydrogen-bond donors (Lipinski definition) is 2. The summed E-state index contributed by atoms with van der Waals surface area (Å²) in [5.74, 6) is 0.254. The number of hydrogen-bond acceptors (Lipinski definition) is 2. The van der Waals surface area contributed by atoms with Crippen molar-refractivity contribution in [3.05, 3.63) is 35.6 Å². The Kier molecular flexibility index (Phi) is 7.17. The highest BCUT2D eigenvalue weighted by Crippen LogP contribution is 2.33. The van der Waals surface area contributed by atoms with Gasteiger partial charge in [-0.25, -0.2) is 4.39 Å². The van der Waals surface area contributed by atoms with E-state index in [1.54, 1.807) is 6.07 Å². The van der Waals surface area contributed by atoms with Crippen molar-refractivity contribution in [1.82, 2.24) is 0 Å². The minimum absolute atomic E-state index is 0.0322. The maximum atomic E-state index is 13.5. The van der Waals surface area contributed by atoms with Crippen molar-refractivity contribution >= 4 is 0 Å². The lowest BCUT2D eigenvalue weighted by Crippen LogP contribution is -2.40. The average Bonchev–Trinajstić information content (AvgIpc) is 2.48. The lowest BCUT2D eigenvalue weighted by Gasteiger charge is -2.34. The van der Waals surface area contributed by atoms with Gasteiger partial charge in [0.2, 0.25) is 0 Å². The van der Waals surface area contributed by atoms with Gasteiger partial charge in [0.15, 0.2) is 0 Å². The number of halogens is 1. The molecule has 0 aliphatic rings. The maximum Gasteiger partial charge on any atom is 0.123 e. The zero-order chi connectivity index (χ0) is 15.0. The van der Waals surface area contributed by atoms with Crippen LogP contribution in [0, 0.1) is 11.7 Å². The monoisotopic (exact) mass is 281 g/mol. The van der Waals surface area contributed by atoms with E-state index in [2.05, 4.69) is 13.8 Å². The molecule has 2 unspecified atom stereocenters. The molecule has 0 aliphatic carbocycles. The van der Waals surface area contributed by atoms with Gasteiger partial charge in [-0.3, -0.25) is 0 Å². The summed E-state index contributed by atoms with van der Waals surface area (Å²) in [5, 5.41) is 9.89. The molecule has 0 heterocycles. The zero-order valence-electron chi connectivity index (χ0n) is 12.7. The van der Waals surface area contributed by atoms with Crippen molar-refractivity contribution in [2.45, 2.75) is 51.4 Å². The summed E-state index contributed by atoms with van der Waals surface area (Å²) in [6.07, 6.45) is 5.39. The smallest absolute Gasteiger partial charge is 0.123 e. The van der Waals surface area contributed by atoms with Crippen molar-refractivity contribution in [3.8, 4) is 0 Å². The molecule has 0 saturated heterocycles. The van der Waals surface area contributed by atoms with Gasteiger partial charge < -0.3 is 10.8 Å². The Bertz CT molecular complexity index is 390. The van der Waals surface area contributed by atoms with Crippen LogP contribution in [-0.4, -0.2) is 18.3 Å². The van der Waals surface area contributed by atoms with Gasteiger partial charge in [-0.1, -0.05) is 51.7 Å². The summed E-state index contributed by atoms with van der Waals surface area (Å²) in [7, 11) is 0. The first-order chi connectivity index (χ1) is 9.61. The molecule has 3 heteroatoms. The van der Waals surface area contributed by atoms with E-state index in [0.29, 0.717) is 12.5 Å². The van der Waals surface area contributed by atoms with Crippen molar-refractivity contribution in [2.75, 3.05) is 13.2 Å². The van der Waals surface area contributed by atoms with Crippen LogP contribution in [0.5, 0.6) is 0 Å². The molecule has 1 aromatic carbocycles. The van der Waals surface area contributed by atoms with Gasteiger partial charge in [0.25, 0.3) is 0 Å². The van der Waals surface area contributed by atoms with Crippen LogP contribution in [0.4, 0.5) is 4.39 Å². The Balaban J connectivity index is 2.96. The molecule has 0 spiro atoms. The van der Waals surface area contributed by atoms with E-state index in [0.717, 1.165) is 24.8 Å². The second-order valence-corrected chi connectivity index (χ2v) is 5.77. The molecule has 2 atom stereocenters. The molecule has 0 amide bonds. The van der Waals surface area contributed by atoms with Gasteiger partial charge in [-0.2, -0.15) is 0 Å². The Morgan fingerprint density at radius 2 is 2.10 bits per heavy atom. The van der Waals surface area contributed by atoms with E-state index in [1.165, 1.54) is 25.0 Å². The molecule has 0 radical (unpaired) electrons. The van der Waals surface area contributed by atoms with Gasteiger partial charge in [0.1, 0.15) is 5.82 Å². The molecule has 1 rings (SSSR count). The molecular weight excluding hydrogens is 253 g/mol. The topological polar surface area (TPSA) is 46.2 Å². The lowest BCUT2D eigenvalue weighted by molar-refractivity contribution is 0.163. The van der Waals surface area contributed by atoms with E-state index in [1.807, 2.05) is 6.07 Å². The summed E-state index contributed by atoms with van der Waals surface area (Å²) in [6, 6.07) is 6.50. The quantitative estimate of drug-likeness (QED) is 0.726. The van der Waals surface area contributed by atoms with Gasteiger partial charge in [0, 0.05) is 12.0 Å². The highest BCUT2D eigenvalue weighted by Gasteiger charge is 2.32. The summed E-state index contributed by atoms with van der Waals surface area (Å²) in [4.78, 5) is 0. The van der Waals surface area contributed by atoms with Gasteiger partial charge in [-0.05, 0) is 30.0 Å². The SMILES string of the molecule is CCCCC(CC)CC(CN)(CO)c1cccc(F)c1. The number of benzene rings is 1. The molecule has 0 saturated carbocycles. The minimum Gasteiger partial charge on any atom is -0.395 e. The molecule has 0 aliphatic heterocycles. The molecule has 0 fully saturated rings. The van der Waals surface area contributed by atoms with Gasteiger partial charge in [0.05, 0.1) is 6.61 Å². The van der Waals surface area contributed by atoms with E-state index >= 15 is 0 Å². The van der Waals surface area contributed by atoms with Crippen LogP contribution in [0.2, 0.25) is 0 Å².